The van der Waals surface area contributed by atoms with Crippen LogP contribution >= 0.6 is 7.66 Å². The van der Waals surface area contributed by atoms with Crippen molar-refractivity contribution in [2.45, 2.75) is 37.8 Å². The first-order valence-electron chi connectivity index (χ1n) is 5.35. The van der Waals surface area contributed by atoms with Gasteiger partial charge in [0.1, 0.15) is 0 Å². The second kappa shape index (κ2) is 3.91. The first kappa shape index (κ1) is 11.7. The second-order valence-electron chi connectivity index (χ2n) is 4.02. The molecule has 2 atom stereocenters. The van der Waals surface area contributed by atoms with Crippen molar-refractivity contribution in [1.29, 1.82) is 0 Å². The number of hydrogen-bond donors (Lipinski definition) is 1. The Hall–Kier alpha value is 0.230. The molecule has 90 valence electrons. The van der Waals surface area contributed by atoms with Crippen LogP contribution in [0.2, 0.25) is 0 Å². The molecule has 5 nitrogen and oxygen atoms in total. The molecule has 2 fully saturated rings. The van der Waals surface area contributed by atoms with E-state index in [0.29, 0.717) is 6.04 Å². The van der Waals surface area contributed by atoms with E-state index in [4.69, 9.17) is 18.1 Å². The van der Waals surface area contributed by atoms with Crippen molar-refractivity contribution in [1.82, 2.24) is 5.09 Å². The Balaban J connectivity index is 2.22. The summed E-state index contributed by atoms with van der Waals surface area (Å²) < 4.78 is 22.2. The van der Waals surface area contributed by atoms with Gasteiger partial charge in [-0.15, -0.1) is 0 Å². The van der Waals surface area contributed by atoms with Crippen molar-refractivity contribution in [3.05, 3.63) is 0 Å². The van der Waals surface area contributed by atoms with Crippen LogP contribution < -0.4 is 5.09 Å². The van der Waals surface area contributed by atoms with E-state index in [2.05, 4.69) is 5.09 Å². The maximum atomic E-state index is 5.94. The molecule has 0 radical (unpaired) electrons. The Morgan fingerprint density at radius 1 is 1.07 bits per heavy atom. The third-order valence-electron chi connectivity index (χ3n) is 3.34. The van der Waals surface area contributed by atoms with Gasteiger partial charge in [-0.25, -0.2) is 0 Å². The zero-order valence-corrected chi connectivity index (χ0v) is 10.5. The third kappa shape index (κ3) is 1.71. The van der Waals surface area contributed by atoms with Gasteiger partial charge in [0, 0.05) is 0 Å². The Labute approximate surface area is 90.7 Å². The van der Waals surface area contributed by atoms with Crippen LogP contribution in [-0.2, 0) is 18.1 Å². The summed E-state index contributed by atoms with van der Waals surface area (Å²) in [4.78, 5) is 0. The molecule has 0 unspecified atom stereocenters. The van der Waals surface area contributed by atoms with Crippen molar-refractivity contribution < 1.29 is 18.1 Å². The van der Waals surface area contributed by atoms with Crippen LogP contribution in [0.5, 0.6) is 0 Å². The van der Waals surface area contributed by atoms with E-state index in [0.717, 1.165) is 12.8 Å². The summed E-state index contributed by atoms with van der Waals surface area (Å²) in [5, 5.41) is 3.31. The van der Waals surface area contributed by atoms with Gasteiger partial charge in [-0.3, -0.25) is 0 Å². The number of fused-ring (bicyclic) bond motifs is 1. The van der Waals surface area contributed by atoms with Crippen LogP contribution in [0.1, 0.15) is 25.7 Å². The summed E-state index contributed by atoms with van der Waals surface area (Å²) in [6.45, 7) is 0. The van der Waals surface area contributed by atoms with Gasteiger partial charge in [0.25, 0.3) is 0 Å². The number of hydrogen-bond acceptors (Lipinski definition) is 5. The molecule has 1 saturated carbocycles. The van der Waals surface area contributed by atoms with Crippen molar-refractivity contribution in [2.75, 3.05) is 21.3 Å². The Kier molecular flexibility index (Phi) is 3.05. The topological polar surface area (TPSA) is 49.0 Å². The van der Waals surface area contributed by atoms with Crippen LogP contribution in [0.3, 0.4) is 0 Å². The molecule has 0 aromatic carbocycles. The van der Waals surface area contributed by atoms with Crippen LogP contribution in [-0.4, -0.2) is 33.5 Å². The molecule has 15 heavy (non-hydrogen) atoms. The zero-order chi connectivity index (χ0) is 11.0. The Morgan fingerprint density at radius 3 is 2.20 bits per heavy atom. The summed E-state index contributed by atoms with van der Waals surface area (Å²) in [6, 6.07) is 0.302. The van der Waals surface area contributed by atoms with Gasteiger partial charge < -0.3 is 0 Å². The van der Waals surface area contributed by atoms with E-state index in [1.54, 1.807) is 21.3 Å². The van der Waals surface area contributed by atoms with Crippen molar-refractivity contribution in [3.63, 3.8) is 0 Å². The minimum atomic E-state index is -3.46. The van der Waals surface area contributed by atoms with Crippen LogP contribution in [0.25, 0.3) is 0 Å². The van der Waals surface area contributed by atoms with Crippen molar-refractivity contribution in [3.8, 4) is 0 Å². The Morgan fingerprint density at radius 2 is 1.67 bits per heavy atom. The zero-order valence-electron chi connectivity index (χ0n) is 9.56. The SMILES string of the molecule is COP1(OC)(OC)N[C@@H]2CCCC[C@H]2O1. The number of nitrogens with one attached hydrogen (secondary N) is 1. The quantitative estimate of drug-likeness (QED) is 0.760. The van der Waals surface area contributed by atoms with Gasteiger partial charge in [-0.05, 0) is 0 Å². The molecular formula is C9H20NO4P. The molecule has 6 heteroatoms. The molecule has 2 aliphatic rings. The van der Waals surface area contributed by atoms with E-state index in [-0.39, 0.29) is 6.10 Å². The summed E-state index contributed by atoms with van der Waals surface area (Å²) in [5.74, 6) is 0. The van der Waals surface area contributed by atoms with Crippen LogP contribution in [0, 0.1) is 0 Å². The molecule has 2 rings (SSSR count). The molecule has 0 aromatic heterocycles. The molecule has 1 N–H and O–H groups in total. The summed E-state index contributed by atoms with van der Waals surface area (Å²) >= 11 is 0. The van der Waals surface area contributed by atoms with Crippen LogP contribution in [0.15, 0.2) is 0 Å². The average molecular weight is 237 g/mol. The summed E-state index contributed by atoms with van der Waals surface area (Å²) in [5.41, 5.74) is 0. The molecule has 0 spiro atoms. The fraction of sp³-hybridized carbons (Fsp3) is 1.00. The third-order valence-corrected chi connectivity index (χ3v) is 6.62. The molecule has 0 aromatic rings. The fourth-order valence-electron chi connectivity index (χ4n) is 2.42. The van der Waals surface area contributed by atoms with E-state index in [1.165, 1.54) is 12.8 Å². The minimum absolute atomic E-state index is 0.163. The van der Waals surface area contributed by atoms with Gasteiger partial charge in [-0.1, -0.05) is 0 Å². The molecule has 1 heterocycles. The molecular weight excluding hydrogens is 217 g/mol. The van der Waals surface area contributed by atoms with E-state index < -0.39 is 7.66 Å². The molecule has 1 aliphatic carbocycles. The maximum absolute atomic E-state index is 5.94. The Bertz CT molecular complexity index is 217. The van der Waals surface area contributed by atoms with Gasteiger partial charge in [-0.2, -0.15) is 0 Å². The van der Waals surface area contributed by atoms with Crippen molar-refractivity contribution >= 4 is 7.66 Å². The summed E-state index contributed by atoms with van der Waals surface area (Å²) in [6.07, 6.45) is 4.73. The standard InChI is InChI=1S/C9H20NO4P/c1-11-15(12-2,13-3)10-8-6-4-5-7-9(8)14-15/h8-10H,4-7H2,1-3H3/t8-,9-/m1/s1. The number of rotatable bonds is 3. The summed E-state index contributed by atoms with van der Waals surface area (Å²) in [7, 11) is 1.24. The van der Waals surface area contributed by atoms with Crippen molar-refractivity contribution in [2.24, 2.45) is 0 Å². The molecule has 1 aliphatic heterocycles. The van der Waals surface area contributed by atoms with Gasteiger partial charge >= 0.3 is 90.0 Å². The molecule has 0 bridgehead atoms. The first-order chi connectivity index (χ1) is 7.17. The van der Waals surface area contributed by atoms with E-state index in [9.17, 15) is 0 Å². The normalized spacial score (nSPS) is 40.3. The van der Waals surface area contributed by atoms with Gasteiger partial charge in [0.2, 0.25) is 0 Å². The van der Waals surface area contributed by atoms with E-state index >= 15 is 0 Å². The predicted octanol–water partition coefficient (Wildman–Crippen LogP) is 1.98. The predicted molar refractivity (Wildman–Crippen MR) is 58.2 cm³/mol. The molecule has 1 saturated heterocycles. The second-order valence-corrected chi connectivity index (χ2v) is 7.21. The van der Waals surface area contributed by atoms with Crippen LogP contribution in [0.4, 0.5) is 0 Å². The average Bonchev–Trinajstić information content (AvgIpc) is 2.66. The van der Waals surface area contributed by atoms with Gasteiger partial charge in [0.15, 0.2) is 0 Å². The monoisotopic (exact) mass is 237 g/mol. The first-order valence-corrected chi connectivity index (χ1v) is 7.26. The van der Waals surface area contributed by atoms with Gasteiger partial charge in [0.05, 0.1) is 0 Å². The van der Waals surface area contributed by atoms with E-state index in [1.807, 2.05) is 0 Å². The fourth-order valence-corrected chi connectivity index (χ4v) is 5.06. The molecule has 0 amide bonds.